The van der Waals surface area contributed by atoms with Crippen molar-refractivity contribution in [2.45, 2.75) is 0 Å². The van der Waals surface area contributed by atoms with Gasteiger partial charge in [0.2, 0.25) is 0 Å². The molecular formula is C52H35NS. The summed E-state index contributed by atoms with van der Waals surface area (Å²) in [6.07, 6.45) is 0. The van der Waals surface area contributed by atoms with Crippen LogP contribution in [0.3, 0.4) is 0 Å². The number of anilines is 3. The third-order valence-corrected chi connectivity index (χ3v) is 11.7. The Balaban J connectivity index is 1.14. The van der Waals surface area contributed by atoms with Gasteiger partial charge in [-0.2, -0.15) is 0 Å². The van der Waals surface area contributed by atoms with Crippen molar-refractivity contribution in [3.05, 3.63) is 212 Å². The largest absolute Gasteiger partial charge is 0.311 e. The molecule has 9 aromatic carbocycles. The molecule has 0 aliphatic carbocycles. The molecule has 0 unspecified atom stereocenters. The van der Waals surface area contributed by atoms with Crippen molar-refractivity contribution < 1.29 is 0 Å². The van der Waals surface area contributed by atoms with Crippen molar-refractivity contribution in [3.63, 3.8) is 0 Å². The van der Waals surface area contributed by atoms with Crippen LogP contribution in [0.4, 0.5) is 17.1 Å². The smallest absolute Gasteiger partial charge is 0.0462 e. The molecule has 54 heavy (non-hydrogen) atoms. The molecule has 1 heterocycles. The lowest BCUT2D eigenvalue weighted by Crippen LogP contribution is -2.09. The maximum Gasteiger partial charge on any atom is 0.0462 e. The van der Waals surface area contributed by atoms with E-state index in [4.69, 9.17) is 0 Å². The van der Waals surface area contributed by atoms with Gasteiger partial charge in [-0.1, -0.05) is 170 Å². The molecule has 0 atom stereocenters. The molecule has 0 radical (unpaired) electrons. The maximum absolute atomic E-state index is 2.36. The standard InChI is InChI=1S/C52H35NS/c1-4-14-36(15-5-1)38-24-30-42(31-25-38)53(43-32-26-39(27-33-43)37-16-6-2-7-17-37)44-34-28-41(29-35-44)49-45-20-10-11-21-46(45)52-51(47-22-12-13-23-48(47)54-52)50(49)40-18-8-3-9-19-40/h1-35H. The molecule has 0 spiro atoms. The first-order valence-corrected chi connectivity index (χ1v) is 19.2. The number of nitrogens with zero attached hydrogens (tertiary/aromatic N) is 1. The van der Waals surface area contributed by atoms with Gasteiger partial charge in [-0.3, -0.25) is 0 Å². The van der Waals surface area contributed by atoms with E-state index in [2.05, 4.69) is 217 Å². The van der Waals surface area contributed by atoms with Crippen LogP contribution in [0.15, 0.2) is 212 Å². The minimum absolute atomic E-state index is 1.10. The van der Waals surface area contributed by atoms with E-state index in [0.717, 1.165) is 17.1 Å². The van der Waals surface area contributed by atoms with E-state index >= 15 is 0 Å². The number of hydrogen-bond donors (Lipinski definition) is 0. The van der Waals surface area contributed by atoms with Gasteiger partial charge in [-0.25, -0.2) is 0 Å². The molecular weight excluding hydrogens is 671 g/mol. The van der Waals surface area contributed by atoms with Crippen LogP contribution in [0.1, 0.15) is 0 Å². The summed E-state index contributed by atoms with van der Waals surface area (Å²) in [5.74, 6) is 0. The van der Waals surface area contributed by atoms with E-state index in [9.17, 15) is 0 Å². The monoisotopic (exact) mass is 705 g/mol. The summed E-state index contributed by atoms with van der Waals surface area (Å²) in [6, 6.07) is 76.9. The number of thiophene rings is 1. The average Bonchev–Trinajstić information content (AvgIpc) is 3.65. The number of fused-ring (bicyclic) bond motifs is 5. The quantitative estimate of drug-likeness (QED) is 0.160. The molecule has 1 aromatic heterocycles. The normalized spacial score (nSPS) is 11.3. The highest BCUT2D eigenvalue weighted by atomic mass is 32.1. The molecule has 0 amide bonds. The lowest BCUT2D eigenvalue weighted by Gasteiger charge is -2.26. The summed E-state index contributed by atoms with van der Waals surface area (Å²) >= 11 is 1.90. The fraction of sp³-hybridized carbons (Fsp3) is 0. The van der Waals surface area contributed by atoms with Gasteiger partial charge in [0.05, 0.1) is 0 Å². The minimum atomic E-state index is 1.10. The highest BCUT2D eigenvalue weighted by Gasteiger charge is 2.22. The van der Waals surface area contributed by atoms with Crippen LogP contribution < -0.4 is 4.90 Å². The Hall–Kier alpha value is -6.74. The summed E-state index contributed by atoms with van der Waals surface area (Å²) in [7, 11) is 0. The fourth-order valence-corrected chi connectivity index (χ4v) is 9.18. The molecule has 0 aliphatic rings. The second-order valence-corrected chi connectivity index (χ2v) is 14.7. The van der Waals surface area contributed by atoms with Crippen LogP contribution >= 0.6 is 11.3 Å². The molecule has 0 fully saturated rings. The van der Waals surface area contributed by atoms with Crippen molar-refractivity contribution in [1.29, 1.82) is 0 Å². The summed E-state index contributed by atoms with van der Waals surface area (Å²) in [5.41, 5.74) is 13.1. The van der Waals surface area contributed by atoms with Crippen LogP contribution in [0.2, 0.25) is 0 Å². The van der Waals surface area contributed by atoms with Gasteiger partial charge in [-0.05, 0) is 92.4 Å². The molecule has 0 saturated heterocycles. The lowest BCUT2D eigenvalue weighted by molar-refractivity contribution is 1.28. The molecule has 0 bridgehead atoms. The summed E-state index contributed by atoms with van der Waals surface area (Å²) in [5, 5.41) is 5.21. The summed E-state index contributed by atoms with van der Waals surface area (Å²) in [6.45, 7) is 0. The zero-order chi connectivity index (χ0) is 35.8. The zero-order valence-corrected chi connectivity index (χ0v) is 30.4. The Morgan fingerprint density at radius 2 is 0.648 bits per heavy atom. The Kier molecular flexibility index (Phi) is 8.09. The second-order valence-electron chi connectivity index (χ2n) is 13.7. The highest BCUT2D eigenvalue weighted by molar-refractivity contribution is 7.26. The van der Waals surface area contributed by atoms with Gasteiger partial charge in [0.1, 0.15) is 0 Å². The Labute approximate surface area is 319 Å². The van der Waals surface area contributed by atoms with E-state index in [1.807, 2.05) is 11.3 Å². The average molecular weight is 706 g/mol. The molecule has 10 rings (SSSR count). The Bertz CT molecular complexity index is 2790. The van der Waals surface area contributed by atoms with E-state index < -0.39 is 0 Å². The summed E-state index contributed by atoms with van der Waals surface area (Å²) < 4.78 is 2.66. The van der Waals surface area contributed by atoms with E-state index in [0.29, 0.717) is 0 Å². The molecule has 0 aliphatic heterocycles. The number of benzene rings is 9. The third kappa shape index (κ3) is 5.65. The molecule has 1 nitrogen and oxygen atoms in total. The molecule has 2 heteroatoms. The van der Waals surface area contributed by atoms with Gasteiger partial charge in [0, 0.05) is 42.6 Å². The van der Waals surface area contributed by atoms with Gasteiger partial charge in [-0.15, -0.1) is 11.3 Å². The van der Waals surface area contributed by atoms with Crippen LogP contribution in [0.5, 0.6) is 0 Å². The Morgan fingerprint density at radius 3 is 1.17 bits per heavy atom. The number of hydrogen-bond acceptors (Lipinski definition) is 2. The zero-order valence-electron chi connectivity index (χ0n) is 29.6. The SMILES string of the molecule is c1ccc(-c2ccc(N(c3ccc(-c4ccccc4)cc3)c3ccc(-c4c(-c5ccccc5)c5c6ccccc6sc5c5ccccc45)cc3)cc2)cc1. The van der Waals surface area contributed by atoms with Crippen molar-refractivity contribution >= 4 is 59.3 Å². The first kappa shape index (κ1) is 32.0. The van der Waals surface area contributed by atoms with Crippen LogP contribution in [0, 0.1) is 0 Å². The predicted octanol–water partition coefficient (Wildman–Crippen LogP) is 15.3. The summed E-state index contributed by atoms with van der Waals surface area (Å²) in [4.78, 5) is 2.36. The van der Waals surface area contributed by atoms with Gasteiger partial charge < -0.3 is 4.90 Å². The van der Waals surface area contributed by atoms with Crippen molar-refractivity contribution in [2.75, 3.05) is 4.90 Å². The Morgan fingerprint density at radius 1 is 0.278 bits per heavy atom. The molecule has 0 N–H and O–H groups in total. The first-order chi connectivity index (χ1) is 26.8. The van der Waals surface area contributed by atoms with Crippen LogP contribution in [-0.4, -0.2) is 0 Å². The van der Waals surface area contributed by atoms with Crippen molar-refractivity contribution in [3.8, 4) is 44.5 Å². The number of rotatable bonds is 7. The first-order valence-electron chi connectivity index (χ1n) is 18.4. The van der Waals surface area contributed by atoms with Gasteiger partial charge >= 0.3 is 0 Å². The molecule has 10 aromatic rings. The van der Waals surface area contributed by atoms with E-state index in [-0.39, 0.29) is 0 Å². The third-order valence-electron chi connectivity index (χ3n) is 10.5. The lowest BCUT2D eigenvalue weighted by atomic mass is 9.86. The second kappa shape index (κ2) is 13.7. The van der Waals surface area contributed by atoms with Crippen LogP contribution in [-0.2, 0) is 0 Å². The molecule has 254 valence electrons. The van der Waals surface area contributed by atoms with Gasteiger partial charge in [0.15, 0.2) is 0 Å². The minimum Gasteiger partial charge on any atom is -0.311 e. The van der Waals surface area contributed by atoms with Crippen LogP contribution in [0.25, 0.3) is 75.5 Å². The van der Waals surface area contributed by atoms with Gasteiger partial charge in [0.25, 0.3) is 0 Å². The maximum atomic E-state index is 2.36. The van der Waals surface area contributed by atoms with Crippen molar-refractivity contribution in [2.24, 2.45) is 0 Å². The van der Waals surface area contributed by atoms with E-state index in [1.54, 1.807) is 0 Å². The fourth-order valence-electron chi connectivity index (χ4n) is 7.93. The molecule has 0 saturated carbocycles. The highest BCUT2D eigenvalue weighted by Crippen LogP contribution is 2.50. The predicted molar refractivity (Wildman–Crippen MR) is 233 cm³/mol. The van der Waals surface area contributed by atoms with Crippen molar-refractivity contribution in [1.82, 2.24) is 0 Å². The van der Waals surface area contributed by atoms with E-state index in [1.165, 1.54) is 75.5 Å². The topological polar surface area (TPSA) is 3.24 Å².